The molecule has 1 aliphatic heterocycles. The quantitative estimate of drug-likeness (QED) is 0.607. The maximum Gasteiger partial charge on any atom is 0.0601 e. The average molecular weight is 166 g/mol. The van der Waals surface area contributed by atoms with Gasteiger partial charge < -0.3 is 5.32 Å². The standard InChI is InChI=1S/C10H18N2/c1-3-4-8-12(2)10-6-5-7-11-9-10/h10-11H,5-9H2,1-2H3. The summed E-state index contributed by atoms with van der Waals surface area (Å²) in [7, 11) is 2.15. The van der Waals surface area contributed by atoms with Crippen molar-refractivity contribution in [2.24, 2.45) is 0 Å². The summed E-state index contributed by atoms with van der Waals surface area (Å²) in [5.41, 5.74) is 0. The van der Waals surface area contributed by atoms with Gasteiger partial charge in [-0.2, -0.15) is 0 Å². The summed E-state index contributed by atoms with van der Waals surface area (Å²) in [6, 6.07) is 0.694. The smallest absolute Gasteiger partial charge is 0.0601 e. The molecule has 0 radical (unpaired) electrons. The number of likely N-dealkylation sites (N-methyl/N-ethyl adjacent to an activating group) is 1. The second-order valence-electron chi connectivity index (χ2n) is 3.34. The molecule has 1 rings (SSSR count). The van der Waals surface area contributed by atoms with Crippen molar-refractivity contribution in [2.45, 2.75) is 25.8 Å². The summed E-state index contributed by atoms with van der Waals surface area (Å²) >= 11 is 0. The predicted molar refractivity (Wildman–Crippen MR) is 52.0 cm³/mol. The molecule has 1 heterocycles. The van der Waals surface area contributed by atoms with Crippen LogP contribution in [0.5, 0.6) is 0 Å². The number of nitrogens with zero attached hydrogens (tertiary/aromatic N) is 1. The zero-order valence-corrected chi connectivity index (χ0v) is 8.06. The van der Waals surface area contributed by atoms with Gasteiger partial charge in [-0.25, -0.2) is 0 Å². The highest BCUT2D eigenvalue weighted by atomic mass is 15.1. The number of piperidine rings is 1. The molecule has 0 spiro atoms. The molecular weight excluding hydrogens is 148 g/mol. The lowest BCUT2D eigenvalue weighted by Gasteiger charge is -2.30. The van der Waals surface area contributed by atoms with Crippen molar-refractivity contribution in [3.63, 3.8) is 0 Å². The molecule has 0 bridgehead atoms. The maximum absolute atomic E-state index is 3.40. The minimum Gasteiger partial charge on any atom is -0.315 e. The van der Waals surface area contributed by atoms with Gasteiger partial charge in [0.15, 0.2) is 0 Å². The number of nitrogens with one attached hydrogen (secondary N) is 1. The lowest BCUT2D eigenvalue weighted by Crippen LogP contribution is -2.44. The van der Waals surface area contributed by atoms with Gasteiger partial charge in [-0.05, 0) is 33.4 Å². The molecule has 1 N–H and O–H groups in total. The first-order chi connectivity index (χ1) is 5.84. The predicted octanol–water partition coefficient (Wildman–Crippen LogP) is 0.694. The summed E-state index contributed by atoms with van der Waals surface area (Å²) in [4.78, 5) is 2.34. The summed E-state index contributed by atoms with van der Waals surface area (Å²) in [6.07, 6.45) is 2.61. The molecule has 12 heavy (non-hydrogen) atoms. The summed E-state index contributed by atoms with van der Waals surface area (Å²) in [5.74, 6) is 6.02. The van der Waals surface area contributed by atoms with Gasteiger partial charge in [0.25, 0.3) is 0 Å². The molecule has 0 saturated carbocycles. The molecule has 0 aromatic carbocycles. The first kappa shape index (κ1) is 9.57. The Morgan fingerprint density at radius 2 is 2.42 bits per heavy atom. The molecule has 0 aliphatic carbocycles. The van der Waals surface area contributed by atoms with Crippen LogP contribution in [0.25, 0.3) is 0 Å². The third-order valence-electron chi connectivity index (χ3n) is 2.40. The van der Waals surface area contributed by atoms with Crippen molar-refractivity contribution in [3.05, 3.63) is 0 Å². The fourth-order valence-electron chi connectivity index (χ4n) is 1.54. The first-order valence-electron chi connectivity index (χ1n) is 4.65. The van der Waals surface area contributed by atoms with Crippen LogP contribution < -0.4 is 5.32 Å². The number of hydrogen-bond donors (Lipinski definition) is 1. The van der Waals surface area contributed by atoms with Gasteiger partial charge in [0, 0.05) is 12.6 Å². The Labute approximate surface area is 75.3 Å². The number of hydrogen-bond acceptors (Lipinski definition) is 2. The highest BCUT2D eigenvalue weighted by molar-refractivity contribution is 4.98. The van der Waals surface area contributed by atoms with Crippen LogP contribution in [-0.2, 0) is 0 Å². The van der Waals surface area contributed by atoms with E-state index in [1.54, 1.807) is 0 Å². The van der Waals surface area contributed by atoms with Crippen molar-refractivity contribution in [3.8, 4) is 11.8 Å². The van der Waals surface area contributed by atoms with Crippen LogP contribution >= 0.6 is 0 Å². The third kappa shape index (κ3) is 2.84. The summed E-state index contributed by atoms with van der Waals surface area (Å²) in [5, 5.41) is 3.40. The minimum absolute atomic E-state index is 0.694. The SMILES string of the molecule is CC#CCN(C)C1CCCNC1. The van der Waals surface area contributed by atoms with Crippen molar-refractivity contribution in [1.82, 2.24) is 10.2 Å². The molecule has 2 nitrogen and oxygen atoms in total. The zero-order valence-electron chi connectivity index (χ0n) is 8.06. The van der Waals surface area contributed by atoms with Gasteiger partial charge in [-0.15, -0.1) is 5.92 Å². The van der Waals surface area contributed by atoms with E-state index in [1.807, 2.05) is 6.92 Å². The van der Waals surface area contributed by atoms with Gasteiger partial charge in [0.1, 0.15) is 0 Å². The van der Waals surface area contributed by atoms with Crippen LogP contribution in [0.1, 0.15) is 19.8 Å². The van der Waals surface area contributed by atoms with Crippen LogP contribution in [0.2, 0.25) is 0 Å². The van der Waals surface area contributed by atoms with Crippen molar-refractivity contribution in [2.75, 3.05) is 26.7 Å². The molecule has 0 aromatic heterocycles. The van der Waals surface area contributed by atoms with Gasteiger partial charge in [-0.3, -0.25) is 4.90 Å². The molecule has 2 heteroatoms. The van der Waals surface area contributed by atoms with Gasteiger partial charge >= 0.3 is 0 Å². The fraction of sp³-hybridized carbons (Fsp3) is 0.800. The molecule has 1 atom stereocenters. The van der Waals surface area contributed by atoms with Crippen molar-refractivity contribution < 1.29 is 0 Å². The number of rotatable bonds is 2. The summed E-state index contributed by atoms with van der Waals surface area (Å²) < 4.78 is 0. The van der Waals surface area contributed by atoms with E-state index in [0.717, 1.165) is 13.1 Å². The Kier molecular flexibility index (Phi) is 4.13. The summed E-state index contributed by atoms with van der Waals surface area (Å²) in [6.45, 7) is 5.11. The van der Waals surface area contributed by atoms with E-state index in [1.165, 1.54) is 19.4 Å². The van der Waals surface area contributed by atoms with E-state index < -0.39 is 0 Å². The second kappa shape index (κ2) is 5.18. The van der Waals surface area contributed by atoms with E-state index in [9.17, 15) is 0 Å². The first-order valence-corrected chi connectivity index (χ1v) is 4.65. The monoisotopic (exact) mass is 166 g/mol. The zero-order chi connectivity index (χ0) is 8.81. The molecular formula is C10H18N2. The molecule has 1 aliphatic rings. The fourth-order valence-corrected chi connectivity index (χ4v) is 1.54. The van der Waals surface area contributed by atoms with Crippen molar-refractivity contribution in [1.29, 1.82) is 0 Å². The molecule has 1 saturated heterocycles. The van der Waals surface area contributed by atoms with E-state index in [-0.39, 0.29) is 0 Å². The second-order valence-corrected chi connectivity index (χ2v) is 3.34. The largest absolute Gasteiger partial charge is 0.315 e. The normalized spacial score (nSPS) is 23.4. The van der Waals surface area contributed by atoms with E-state index in [4.69, 9.17) is 0 Å². The third-order valence-corrected chi connectivity index (χ3v) is 2.40. The van der Waals surface area contributed by atoms with E-state index >= 15 is 0 Å². The van der Waals surface area contributed by atoms with E-state index in [0.29, 0.717) is 6.04 Å². The molecule has 1 unspecified atom stereocenters. The Hall–Kier alpha value is -0.520. The molecule has 1 fully saturated rings. The lowest BCUT2D eigenvalue weighted by molar-refractivity contribution is 0.224. The highest BCUT2D eigenvalue weighted by Crippen LogP contribution is 2.07. The molecule has 68 valence electrons. The lowest BCUT2D eigenvalue weighted by atomic mass is 10.1. The Balaban J connectivity index is 2.27. The van der Waals surface area contributed by atoms with Gasteiger partial charge in [-0.1, -0.05) is 5.92 Å². The van der Waals surface area contributed by atoms with Crippen LogP contribution in [0.4, 0.5) is 0 Å². The van der Waals surface area contributed by atoms with Gasteiger partial charge in [0.05, 0.1) is 6.54 Å². The Bertz CT molecular complexity index is 172. The molecule has 0 aromatic rings. The van der Waals surface area contributed by atoms with Crippen LogP contribution in [-0.4, -0.2) is 37.6 Å². The average Bonchev–Trinajstić information content (AvgIpc) is 2.15. The van der Waals surface area contributed by atoms with Gasteiger partial charge in [0.2, 0.25) is 0 Å². The molecule has 0 amide bonds. The maximum atomic E-state index is 3.40. The van der Waals surface area contributed by atoms with Crippen molar-refractivity contribution >= 4 is 0 Å². The topological polar surface area (TPSA) is 15.3 Å². The highest BCUT2D eigenvalue weighted by Gasteiger charge is 2.16. The van der Waals surface area contributed by atoms with Crippen LogP contribution in [0, 0.1) is 11.8 Å². The minimum atomic E-state index is 0.694. The van der Waals surface area contributed by atoms with Crippen LogP contribution in [0.15, 0.2) is 0 Å². The van der Waals surface area contributed by atoms with Crippen LogP contribution in [0.3, 0.4) is 0 Å². The Morgan fingerprint density at radius 1 is 1.58 bits per heavy atom. The van der Waals surface area contributed by atoms with E-state index in [2.05, 4.69) is 29.1 Å². The Morgan fingerprint density at radius 3 is 3.00 bits per heavy atom.